The molecule has 0 radical (unpaired) electrons. The van der Waals surface area contributed by atoms with Crippen LogP contribution in [0.4, 0.5) is 0 Å². The predicted octanol–water partition coefficient (Wildman–Crippen LogP) is 3.45. The molecule has 0 saturated heterocycles. The summed E-state index contributed by atoms with van der Waals surface area (Å²) in [5, 5.41) is 6.63. The first-order chi connectivity index (χ1) is 10.0. The lowest BCUT2D eigenvalue weighted by Crippen LogP contribution is -2.38. The number of amides is 1. The zero-order valence-corrected chi connectivity index (χ0v) is 13.1. The second-order valence-corrected chi connectivity index (χ2v) is 5.47. The zero-order chi connectivity index (χ0) is 15.2. The molecule has 1 amide bonds. The van der Waals surface area contributed by atoms with Crippen LogP contribution in [-0.2, 0) is 6.54 Å². The molecule has 0 spiro atoms. The molecule has 21 heavy (non-hydrogen) atoms. The van der Waals surface area contributed by atoms with Gasteiger partial charge in [-0.05, 0) is 49.0 Å². The van der Waals surface area contributed by atoms with Crippen molar-refractivity contribution in [1.29, 1.82) is 0 Å². The SMILES string of the molecule is Cc1ccc(C(=O)NC(=S)NCc2ccc(Cl)cc2)cc1. The van der Waals surface area contributed by atoms with E-state index in [0.29, 0.717) is 22.2 Å². The molecule has 5 heteroatoms. The first-order valence-electron chi connectivity index (χ1n) is 6.45. The molecule has 0 unspecified atom stereocenters. The minimum absolute atomic E-state index is 0.219. The first kappa shape index (κ1) is 15.5. The number of halogens is 1. The maximum Gasteiger partial charge on any atom is 0.257 e. The number of hydrogen-bond acceptors (Lipinski definition) is 2. The fourth-order valence-electron chi connectivity index (χ4n) is 1.71. The van der Waals surface area contributed by atoms with Gasteiger partial charge in [-0.2, -0.15) is 0 Å². The van der Waals surface area contributed by atoms with E-state index in [0.717, 1.165) is 11.1 Å². The van der Waals surface area contributed by atoms with E-state index in [4.69, 9.17) is 23.8 Å². The number of benzene rings is 2. The second kappa shape index (κ2) is 7.20. The third-order valence-electron chi connectivity index (χ3n) is 2.91. The summed E-state index contributed by atoms with van der Waals surface area (Å²) in [7, 11) is 0. The van der Waals surface area contributed by atoms with E-state index in [2.05, 4.69) is 10.6 Å². The Morgan fingerprint density at radius 1 is 1.10 bits per heavy atom. The van der Waals surface area contributed by atoms with Crippen molar-refractivity contribution in [3.05, 3.63) is 70.2 Å². The molecule has 0 aliphatic heterocycles. The molecule has 2 aromatic carbocycles. The minimum atomic E-state index is -0.219. The molecule has 2 N–H and O–H groups in total. The highest BCUT2D eigenvalue weighted by Gasteiger charge is 2.07. The van der Waals surface area contributed by atoms with E-state index in [1.165, 1.54) is 0 Å². The van der Waals surface area contributed by atoms with Crippen LogP contribution in [0.1, 0.15) is 21.5 Å². The summed E-state index contributed by atoms with van der Waals surface area (Å²) in [4.78, 5) is 12.0. The van der Waals surface area contributed by atoms with Gasteiger partial charge < -0.3 is 5.32 Å². The van der Waals surface area contributed by atoms with Gasteiger partial charge in [0.1, 0.15) is 0 Å². The summed E-state index contributed by atoms with van der Waals surface area (Å²) in [5.41, 5.74) is 2.72. The van der Waals surface area contributed by atoms with Crippen LogP contribution in [0.5, 0.6) is 0 Å². The van der Waals surface area contributed by atoms with E-state index in [-0.39, 0.29) is 5.91 Å². The third kappa shape index (κ3) is 4.85. The van der Waals surface area contributed by atoms with Gasteiger partial charge in [0.15, 0.2) is 5.11 Å². The topological polar surface area (TPSA) is 41.1 Å². The van der Waals surface area contributed by atoms with Crippen molar-refractivity contribution < 1.29 is 4.79 Å². The van der Waals surface area contributed by atoms with Gasteiger partial charge in [0, 0.05) is 17.1 Å². The maximum atomic E-state index is 12.0. The van der Waals surface area contributed by atoms with Crippen molar-refractivity contribution >= 4 is 34.8 Å². The van der Waals surface area contributed by atoms with Gasteiger partial charge in [0.05, 0.1) is 0 Å². The summed E-state index contributed by atoms with van der Waals surface area (Å²) < 4.78 is 0. The Bertz CT molecular complexity index is 638. The first-order valence-corrected chi connectivity index (χ1v) is 7.23. The maximum absolute atomic E-state index is 12.0. The molecule has 108 valence electrons. The Morgan fingerprint density at radius 3 is 2.33 bits per heavy atom. The van der Waals surface area contributed by atoms with Gasteiger partial charge in [0.2, 0.25) is 0 Å². The molecule has 0 atom stereocenters. The van der Waals surface area contributed by atoms with Crippen LogP contribution in [0.15, 0.2) is 48.5 Å². The number of nitrogens with one attached hydrogen (secondary N) is 2. The van der Waals surface area contributed by atoms with Crippen LogP contribution < -0.4 is 10.6 Å². The number of carbonyl (C=O) groups is 1. The van der Waals surface area contributed by atoms with E-state index in [1.807, 2.05) is 43.3 Å². The summed E-state index contributed by atoms with van der Waals surface area (Å²) in [6, 6.07) is 14.7. The van der Waals surface area contributed by atoms with Crippen LogP contribution >= 0.6 is 23.8 Å². The molecule has 0 aliphatic carbocycles. The van der Waals surface area contributed by atoms with Crippen molar-refractivity contribution in [2.24, 2.45) is 0 Å². The van der Waals surface area contributed by atoms with Crippen molar-refractivity contribution in [3.63, 3.8) is 0 Å². The predicted molar refractivity (Wildman–Crippen MR) is 89.5 cm³/mol. The largest absolute Gasteiger partial charge is 0.358 e. The van der Waals surface area contributed by atoms with Crippen molar-refractivity contribution in [2.75, 3.05) is 0 Å². The Hall–Kier alpha value is -1.91. The van der Waals surface area contributed by atoms with Gasteiger partial charge in [0.25, 0.3) is 5.91 Å². The van der Waals surface area contributed by atoms with Gasteiger partial charge in [-0.3, -0.25) is 10.1 Å². The van der Waals surface area contributed by atoms with Crippen molar-refractivity contribution in [3.8, 4) is 0 Å². The molecule has 0 fully saturated rings. The van der Waals surface area contributed by atoms with Crippen LogP contribution in [-0.4, -0.2) is 11.0 Å². The van der Waals surface area contributed by atoms with E-state index in [1.54, 1.807) is 12.1 Å². The fraction of sp³-hybridized carbons (Fsp3) is 0.125. The van der Waals surface area contributed by atoms with E-state index < -0.39 is 0 Å². The summed E-state index contributed by atoms with van der Waals surface area (Å²) in [6.45, 7) is 2.50. The van der Waals surface area contributed by atoms with Crippen LogP contribution in [0.2, 0.25) is 5.02 Å². The van der Waals surface area contributed by atoms with E-state index >= 15 is 0 Å². The molecule has 0 aliphatic rings. The second-order valence-electron chi connectivity index (χ2n) is 4.63. The summed E-state index contributed by atoms with van der Waals surface area (Å²) in [6.07, 6.45) is 0. The molecule has 2 aromatic rings. The Labute approximate surface area is 134 Å². The minimum Gasteiger partial charge on any atom is -0.358 e. The molecule has 2 rings (SSSR count). The quantitative estimate of drug-likeness (QED) is 0.852. The van der Waals surface area contributed by atoms with Gasteiger partial charge >= 0.3 is 0 Å². The van der Waals surface area contributed by atoms with Gasteiger partial charge in [-0.1, -0.05) is 41.4 Å². The zero-order valence-electron chi connectivity index (χ0n) is 11.5. The molecular weight excluding hydrogens is 304 g/mol. The average Bonchev–Trinajstić information content (AvgIpc) is 2.47. The normalized spacial score (nSPS) is 10.0. The van der Waals surface area contributed by atoms with Crippen LogP contribution in [0.3, 0.4) is 0 Å². The molecule has 0 aromatic heterocycles. The highest BCUT2D eigenvalue weighted by molar-refractivity contribution is 7.80. The highest BCUT2D eigenvalue weighted by Crippen LogP contribution is 2.09. The standard InChI is InChI=1S/C16H15ClN2OS/c1-11-2-6-13(7-3-11)15(20)19-16(21)18-10-12-4-8-14(17)9-5-12/h2-9H,10H2,1H3,(H2,18,19,20,21). The fourth-order valence-corrected chi connectivity index (χ4v) is 2.00. The monoisotopic (exact) mass is 318 g/mol. The number of thiocarbonyl (C=S) groups is 1. The number of carbonyl (C=O) groups excluding carboxylic acids is 1. The third-order valence-corrected chi connectivity index (χ3v) is 3.41. The number of hydrogen-bond donors (Lipinski definition) is 2. The number of aryl methyl sites for hydroxylation is 1. The molecule has 0 heterocycles. The lowest BCUT2D eigenvalue weighted by atomic mass is 10.1. The molecule has 3 nitrogen and oxygen atoms in total. The highest BCUT2D eigenvalue weighted by atomic mass is 35.5. The Morgan fingerprint density at radius 2 is 1.71 bits per heavy atom. The van der Waals surface area contributed by atoms with Crippen molar-refractivity contribution in [1.82, 2.24) is 10.6 Å². The molecule has 0 bridgehead atoms. The van der Waals surface area contributed by atoms with E-state index in [9.17, 15) is 4.79 Å². The summed E-state index contributed by atoms with van der Waals surface area (Å²) in [5.74, 6) is -0.219. The Kier molecular flexibility index (Phi) is 5.31. The smallest absolute Gasteiger partial charge is 0.257 e. The molecule has 0 saturated carbocycles. The van der Waals surface area contributed by atoms with Gasteiger partial charge in [-0.25, -0.2) is 0 Å². The lowest BCUT2D eigenvalue weighted by Gasteiger charge is -2.10. The van der Waals surface area contributed by atoms with Crippen molar-refractivity contribution in [2.45, 2.75) is 13.5 Å². The lowest BCUT2D eigenvalue weighted by molar-refractivity contribution is 0.0976. The Balaban J connectivity index is 1.85. The molecular formula is C16H15ClN2OS. The number of rotatable bonds is 3. The van der Waals surface area contributed by atoms with Gasteiger partial charge in [-0.15, -0.1) is 0 Å². The van der Waals surface area contributed by atoms with Crippen LogP contribution in [0.25, 0.3) is 0 Å². The summed E-state index contributed by atoms with van der Waals surface area (Å²) >= 11 is 10.9. The van der Waals surface area contributed by atoms with Crippen LogP contribution in [0, 0.1) is 6.92 Å². The average molecular weight is 319 g/mol.